The van der Waals surface area contributed by atoms with Gasteiger partial charge in [-0.15, -0.1) is 0 Å². The lowest BCUT2D eigenvalue weighted by Crippen LogP contribution is -2.33. The number of nitrogens with one attached hydrogen (secondary N) is 1. The van der Waals surface area contributed by atoms with Crippen molar-refractivity contribution in [3.63, 3.8) is 0 Å². The molecule has 7 heteroatoms. The van der Waals surface area contributed by atoms with Gasteiger partial charge in [-0.25, -0.2) is 0 Å². The molecule has 0 radical (unpaired) electrons. The molecule has 0 saturated carbocycles. The number of aliphatic hydroxyl groups excluding tert-OH is 2. The van der Waals surface area contributed by atoms with E-state index in [1.165, 1.54) is 33.5 Å². The molecule has 0 unspecified atom stereocenters. The van der Waals surface area contributed by atoms with E-state index in [1.807, 2.05) is 0 Å². The topological polar surface area (TPSA) is 97.3 Å². The number of hydrogen-bond acceptors (Lipinski definition) is 6. The summed E-state index contributed by atoms with van der Waals surface area (Å²) >= 11 is 0. The van der Waals surface area contributed by atoms with Crippen molar-refractivity contribution in [1.82, 2.24) is 5.32 Å². The van der Waals surface area contributed by atoms with Crippen molar-refractivity contribution in [2.75, 3.05) is 34.5 Å². The smallest absolute Gasteiger partial charge is 0.251 e. The van der Waals surface area contributed by atoms with E-state index in [0.717, 1.165) is 0 Å². The summed E-state index contributed by atoms with van der Waals surface area (Å²) in [7, 11) is 4.38. The quantitative estimate of drug-likeness (QED) is 0.641. The number of carbonyl (C=O) groups is 1. The number of amides is 1. The van der Waals surface area contributed by atoms with Crippen LogP contribution in [0.1, 0.15) is 10.4 Å². The van der Waals surface area contributed by atoms with Crippen LogP contribution in [0.5, 0.6) is 17.2 Å². The Hall–Kier alpha value is -1.99. The number of carbonyl (C=O) groups excluding carboxylic acids is 1. The van der Waals surface area contributed by atoms with E-state index in [9.17, 15) is 9.90 Å². The fraction of sp³-hybridized carbons (Fsp3) is 0.462. The zero-order valence-electron chi connectivity index (χ0n) is 11.7. The molecule has 1 atom stereocenters. The van der Waals surface area contributed by atoms with Crippen LogP contribution in [0.25, 0.3) is 0 Å². The minimum absolute atomic E-state index is 0.0496. The molecular formula is C13H19NO6. The third-order valence-electron chi connectivity index (χ3n) is 2.64. The zero-order valence-corrected chi connectivity index (χ0v) is 11.7. The second-order valence-electron chi connectivity index (χ2n) is 3.96. The maximum atomic E-state index is 11.9. The van der Waals surface area contributed by atoms with Gasteiger partial charge in [-0.3, -0.25) is 4.79 Å². The first-order valence-corrected chi connectivity index (χ1v) is 5.94. The normalized spacial score (nSPS) is 11.7. The van der Waals surface area contributed by atoms with E-state index in [2.05, 4.69) is 5.32 Å². The highest BCUT2D eigenvalue weighted by atomic mass is 16.5. The molecule has 1 aromatic carbocycles. The van der Waals surface area contributed by atoms with Crippen LogP contribution in [-0.2, 0) is 0 Å². The number of hydrogen-bond donors (Lipinski definition) is 3. The lowest BCUT2D eigenvalue weighted by atomic mass is 10.1. The summed E-state index contributed by atoms with van der Waals surface area (Å²) in [6.07, 6.45) is -0.999. The second kappa shape index (κ2) is 7.56. The van der Waals surface area contributed by atoms with Gasteiger partial charge < -0.3 is 29.7 Å². The minimum atomic E-state index is -0.999. The van der Waals surface area contributed by atoms with Gasteiger partial charge in [0.1, 0.15) is 0 Å². The summed E-state index contributed by atoms with van der Waals surface area (Å²) in [6.45, 7) is -0.471. The Balaban J connectivity index is 2.97. The van der Waals surface area contributed by atoms with Crippen LogP contribution >= 0.6 is 0 Å². The molecule has 0 saturated heterocycles. The van der Waals surface area contributed by atoms with Crippen LogP contribution in [0.4, 0.5) is 0 Å². The largest absolute Gasteiger partial charge is 0.493 e. The molecule has 1 amide bonds. The Bertz CT molecular complexity index is 437. The van der Waals surface area contributed by atoms with E-state index in [4.69, 9.17) is 19.3 Å². The molecule has 112 valence electrons. The Morgan fingerprint density at radius 3 is 2.15 bits per heavy atom. The molecule has 0 fully saturated rings. The number of rotatable bonds is 7. The van der Waals surface area contributed by atoms with Gasteiger partial charge in [0.15, 0.2) is 11.5 Å². The summed E-state index contributed by atoms with van der Waals surface area (Å²) in [5.74, 6) is 0.693. The average Bonchev–Trinajstić information content (AvgIpc) is 2.50. The molecule has 3 N–H and O–H groups in total. The predicted octanol–water partition coefficient (Wildman–Crippen LogP) is -0.205. The van der Waals surface area contributed by atoms with Crippen molar-refractivity contribution in [3.8, 4) is 17.2 Å². The molecule has 1 rings (SSSR count). The van der Waals surface area contributed by atoms with Crippen molar-refractivity contribution in [3.05, 3.63) is 17.7 Å². The van der Waals surface area contributed by atoms with E-state index >= 15 is 0 Å². The van der Waals surface area contributed by atoms with Gasteiger partial charge in [-0.1, -0.05) is 0 Å². The van der Waals surface area contributed by atoms with Gasteiger partial charge in [0.05, 0.1) is 34.0 Å². The molecule has 0 aliphatic carbocycles. The highest BCUT2D eigenvalue weighted by molar-refractivity contribution is 5.95. The fourth-order valence-corrected chi connectivity index (χ4v) is 1.59. The first kappa shape index (κ1) is 16.1. The van der Waals surface area contributed by atoms with E-state index < -0.39 is 18.6 Å². The maximum Gasteiger partial charge on any atom is 0.251 e. The van der Waals surface area contributed by atoms with E-state index in [-0.39, 0.29) is 6.54 Å². The molecule has 20 heavy (non-hydrogen) atoms. The first-order chi connectivity index (χ1) is 9.57. The third-order valence-corrected chi connectivity index (χ3v) is 2.64. The van der Waals surface area contributed by atoms with Gasteiger partial charge in [0.25, 0.3) is 5.91 Å². The fourth-order valence-electron chi connectivity index (χ4n) is 1.59. The Kier molecular flexibility index (Phi) is 6.08. The van der Waals surface area contributed by atoms with Crippen LogP contribution < -0.4 is 19.5 Å². The molecule has 0 spiro atoms. The summed E-state index contributed by atoms with van der Waals surface area (Å²) in [6, 6.07) is 3.00. The first-order valence-electron chi connectivity index (χ1n) is 5.94. The van der Waals surface area contributed by atoms with Gasteiger partial charge in [0.2, 0.25) is 5.75 Å². The van der Waals surface area contributed by atoms with Crippen molar-refractivity contribution >= 4 is 5.91 Å². The highest BCUT2D eigenvalue weighted by Crippen LogP contribution is 2.38. The molecule has 0 aromatic heterocycles. The zero-order chi connectivity index (χ0) is 15.1. The SMILES string of the molecule is COc1cc(C(=O)NC[C@@H](O)CO)cc(OC)c1OC. The summed E-state index contributed by atoms with van der Waals surface area (Å²) < 4.78 is 15.4. The molecule has 1 aromatic rings. The number of methoxy groups -OCH3 is 3. The molecule has 0 aliphatic heterocycles. The minimum Gasteiger partial charge on any atom is -0.493 e. The predicted molar refractivity (Wildman–Crippen MR) is 71.5 cm³/mol. The molecule has 0 heterocycles. The summed E-state index contributed by atoms with van der Waals surface area (Å²) in [5.41, 5.74) is 0.296. The van der Waals surface area contributed by atoms with Gasteiger partial charge in [-0.2, -0.15) is 0 Å². The van der Waals surface area contributed by atoms with E-state index in [1.54, 1.807) is 0 Å². The van der Waals surface area contributed by atoms with Crippen molar-refractivity contribution in [1.29, 1.82) is 0 Å². The summed E-state index contributed by atoms with van der Waals surface area (Å²) in [5, 5.41) is 20.4. The number of aliphatic hydroxyl groups is 2. The Labute approximate surface area is 117 Å². The van der Waals surface area contributed by atoms with Crippen molar-refractivity contribution < 1.29 is 29.2 Å². The van der Waals surface area contributed by atoms with Crippen molar-refractivity contribution in [2.24, 2.45) is 0 Å². The third kappa shape index (κ3) is 3.75. The van der Waals surface area contributed by atoms with E-state index in [0.29, 0.717) is 22.8 Å². The second-order valence-corrected chi connectivity index (χ2v) is 3.96. The number of ether oxygens (including phenoxy) is 3. The maximum absolute atomic E-state index is 11.9. The summed E-state index contributed by atoms with van der Waals surface area (Å²) in [4.78, 5) is 11.9. The lowest BCUT2D eigenvalue weighted by molar-refractivity contribution is 0.0801. The van der Waals surface area contributed by atoms with Crippen LogP contribution in [0.2, 0.25) is 0 Å². The van der Waals surface area contributed by atoms with Crippen LogP contribution in [0.15, 0.2) is 12.1 Å². The Morgan fingerprint density at radius 2 is 1.75 bits per heavy atom. The van der Waals surface area contributed by atoms with Crippen molar-refractivity contribution in [2.45, 2.75) is 6.10 Å². The average molecular weight is 285 g/mol. The highest BCUT2D eigenvalue weighted by Gasteiger charge is 2.17. The molecular weight excluding hydrogens is 266 g/mol. The van der Waals surface area contributed by atoms with Gasteiger partial charge in [0, 0.05) is 12.1 Å². The van der Waals surface area contributed by atoms with Crippen LogP contribution in [0, 0.1) is 0 Å². The molecule has 7 nitrogen and oxygen atoms in total. The standard InChI is InChI=1S/C13H19NO6/c1-18-10-4-8(5-11(19-2)12(10)20-3)13(17)14-6-9(16)7-15/h4-5,9,15-16H,6-7H2,1-3H3,(H,14,17)/t9-/m1/s1. The molecule has 0 bridgehead atoms. The lowest BCUT2D eigenvalue weighted by Gasteiger charge is -2.14. The molecule has 0 aliphatic rings. The van der Waals surface area contributed by atoms with Crippen LogP contribution in [-0.4, -0.2) is 56.7 Å². The number of benzene rings is 1. The van der Waals surface area contributed by atoms with Gasteiger partial charge in [-0.05, 0) is 12.1 Å². The van der Waals surface area contributed by atoms with Crippen LogP contribution in [0.3, 0.4) is 0 Å². The Morgan fingerprint density at radius 1 is 1.20 bits per heavy atom. The monoisotopic (exact) mass is 285 g/mol. The van der Waals surface area contributed by atoms with Gasteiger partial charge >= 0.3 is 0 Å².